The molecule has 5 nitrogen and oxygen atoms in total. The third-order valence-electron chi connectivity index (χ3n) is 3.11. The van der Waals surface area contributed by atoms with Crippen LogP contribution in [0.2, 0.25) is 5.02 Å². The van der Waals surface area contributed by atoms with Crippen LogP contribution in [0.25, 0.3) is 0 Å². The maximum atomic E-state index is 12.1. The third kappa shape index (κ3) is 4.86. The first-order chi connectivity index (χ1) is 11.0. The second-order valence-electron chi connectivity index (χ2n) is 5.54. The van der Waals surface area contributed by atoms with Gasteiger partial charge in [0.1, 0.15) is 5.75 Å². The Bertz CT molecular complexity index is 689. The summed E-state index contributed by atoms with van der Waals surface area (Å²) in [6.45, 7) is 4.72. The molecule has 1 amide bonds. The van der Waals surface area contributed by atoms with Crippen LogP contribution in [-0.4, -0.2) is 24.5 Å². The molecular formula is C17H20ClN3O2. The number of nitrogens with zero attached hydrogens (tertiary/aromatic N) is 1. The number of pyridine rings is 1. The van der Waals surface area contributed by atoms with Crippen molar-refractivity contribution in [2.24, 2.45) is 5.92 Å². The number of aromatic nitrogens is 1. The van der Waals surface area contributed by atoms with Gasteiger partial charge in [-0.05, 0) is 30.2 Å². The van der Waals surface area contributed by atoms with E-state index in [2.05, 4.69) is 15.6 Å². The summed E-state index contributed by atoms with van der Waals surface area (Å²) in [6, 6.07) is 7.13. The van der Waals surface area contributed by atoms with Crippen molar-refractivity contribution in [3.8, 4) is 5.75 Å². The molecule has 122 valence electrons. The molecule has 6 heteroatoms. The van der Waals surface area contributed by atoms with Crippen molar-refractivity contribution >= 4 is 28.9 Å². The molecule has 1 heterocycles. The fourth-order valence-electron chi connectivity index (χ4n) is 1.94. The molecule has 2 N–H and O–H groups in total. The van der Waals surface area contributed by atoms with Crippen molar-refractivity contribution in [3.63, 3.8) is 0 Å². The van der Waals surface area contributed by atoms with Gasteiger partial charge in [-0.15, -0.1) is 0 Å². The van der Waals surface area contributed by atoms with Crippen molar-refractivity contribution in [3.05, 3.63) is 47.2 Å². The Kier molecular flexibility index (Phi) is 5.82. The number of rotatable bonds is 6. The molecule has 2 rings (SSSR count). The third-order valence-corrected chi connectivity index (χ3v) is 3.41. The summed E-state index contributed by atoms with van der Waals surface area (Å²) < 4.78 is 5.12. The van der Waals surface area contributed by atoms with E-state index in [1.165, 1.54) is 0 Å². The fraction of sp³-hybridized carbons (Fsp3) is 0.294. The zero-order chi connectivity index (χ0) is 16.8. The number of carbonyl (C=O) groups is 1. The highest BCUT2D eigenvalue weighted by Crippen LogP contribution is 2.28. The van der Waals surface area contributed by atoms with Gasteiger partial charge >= 0.3 is 0 Å². The number of nitrogens with one attached hydrogen (secondary N) is 2. The van der Waals surface area contributed by atoms with Crippen molar-refractivity contribution in [2.75, 3.05) is 19.0 Å². The number of anilines is 2. The van der Waals surface area contributed by atoms with Crippen LogP contribution in [0.5, 0.6) is 5.75 Å². The summed E-state index contributed by atoms with van der Waals surface area (Å²) >= 11 is 6.10. The Labute approximate surface area is 141 Å². The average molecular weight is 334 g/mol. The monoisotopic (exact) mass is 333 g/mol. The Balaban J connectivity index is 2.10. The Hall–Kier alpha value is -2.27. The van der Waals surface area contributed by atoms with Crippen LogP contribution in [0, 0.1) is 5.92 Å². The van der Waals surface area contributed by atoms with Crippen molar-refractivity contribution in [1.82, 2.24) is 10.3 Å². The lowest BCUT2D eigenvalue weighted by atomic mass is 10.2. The predicted octanol–water partition coefficient (Wildman–Crippen LogP) is 3.87. The van der Waals surface area contributed by atoms with E-state index in [-0.39, 0.29) is 5.91 Å². The molecule has 23 heavy (non-hydrogen) atoms. The predicted molar refractivity (Wildman–Crippen MR) is 92.7 cm³/mol. The maximum absolute atomic E-state index is 12.1. The number of methoxy groups -OCH3 is 1. The summed E-state index contributed by atoms with van der Waals surface area (Å²) in [5.41, 5.74) is 2.01. The molecule has 0 aliphatic heterocycles. The highest BCUT2D eigenvalue weighted by atomic mass is 35.5. The molecule has 0 unspecified atom stereocenters. The molecule has 1 aromatic heterocycles. The number of amides is 1. The highest BCUT2D eigenvalue weighted by molar-refractivity contribution is 6.32. The lowest BCUT2D eigenvalue weighted by Gasteiger charge is -2.11. The minimum atomic E-state index is -0.136. The second-order valence-corrected chi connectivity index (χ2v) is 5.95. The number of hydrogen-bond donors (Lipinski definition) is 2. The zero-order valence-electron chi connectivity index (χ0n) is 13.4. The van der Waals surface area contributed by atoms with Gasteiger partial charge in [0.15, 0.2) is 0 Å². The van der Waals surface area contributed by atoms with Crippen molar-refractivity contribution in [1.29, 1.82) is 0 Å². The lowest BCUT2D eigenvalue weighted by Crippen LogP contribution is -2.27. The van der Waals surface area contributed by atoms with E-state index in [1.807, 2.05) is 19.9 Å². The fourth-order valence-corrected chi connectivity index (χ4v) is 2.20. The van der Waals surface area contributed by atoms with Gasteiger partial charge in [0.25, 0.3) is 5.91 Å². The standard InChI is InChI=1S/C17H20ClN3O2/c1-11(2)8-20-17(22)12-6-14(10-19-9-12)21-13-4-5-16(23-3)15(18)7-13/h4-7,9-11,21H,8H2,1-3H3,(H,20,22). The van der Waals surface area contributed by atoms with Crippen molar-refractivity contribution in [2.45, 2.75) is 13.8 Å². The van der Waals surface area contributed by atoms with E-state index in [1.54, 1.807) is 37.7 Å². The first kappa shape index (κ1) is 17.1. The van der Waals surface area contributed by atoms with Gasteiger partial charge in [0.05, 0.1) is 29.6 Å². The van der Waals surface area contributed by atoms with Crippen LogP contribution in [-0.2, 0) is 0 Å². The number of ether oxygens (including phenoxy) is 1. The average Bonchev–Trinajstić information content (AvgIpc) is 2.53. The summed E-state index contributed by atoms with van der Waals surface area (Å²) in [6.07, 6.45) is 3.19. The molecule has 2 aromatic rings. The summed E-state index contributed by atoms with van der Waals surface area (Å²) in [4.78, 5) is 16.2. The SMILES string of the molecule is COc1ccc(Nc2cncc(C(=O)NCC(C)C)c2)cc1Cl. The Morgan fingerprint density at radius 2 is 2.04 bits per heavy atom. The molecule has 0 aliphatic carbocycles. The molecule has 1 aromatic carbocycles. The van der Waals surface area contributed by atoms with Gasteiger partial charge in [-0.3, -0.25) is 9.78 Å². The minimum absolute atomic E-state index is 0.136. The Morgan fingerprint density at radius 1 is 1.26 bits per heavy atom. The summed E-state index contributed by atoms with van der Waals surface area (Å²) in [7, 11) is 1.57. The topological polar surface area (TPSA) is 63.2 Å². The minimum Gasteiger partial charge on any atom is -0.495 e. The summed E-state index contributed by atoms with van der Waals surface area (Å²) in [5, 5.41) is 6.55. The van der Waals surface area contributed by atoms with Crippen LogP contribution in [0.4, 0.5) is 11.4 Å². The van der Waals surface area contributed by atoms with Gasteiger partial charge in [0.2, 0.25) is 0 Å². The second kappa shape index (κ2) is 7.83. The van der Waals surface area contributed by atoms with Gasteiger partial charge in [0, 0.05) is 18.4 Å². The molecule has 0 saturated carbocycles. The molecule has 0 spiro atoms. The number of hydrogen-bond acceptors (Lipinski definition) is 4. The van der Waals surface area contributed by atoms with Crippen molar-refractivity contribution < 1.29 is 9.53 Å². The van der Waals surface area contributed by atoms with Crippen LogP contribution in [0.3, 0.4) is 0 Å². The summed E-state index contributed by atoms with van der Waals surface area (Å²) in [5.74, 6) is 0.870. The van der Waals surface area contributed by atoms with Gasteiger partial charge in [-0.1, -0.05) is 25.4 Å². The molecule has 0 aliphatic rings. The zero-order valence-corrected chi connectivity index (χ0v) is 14.1. The largest absolute Gasteiger partial charge is 0.495 e. The molecular weight excluding hydrogens is 314 g/mol. The molecule has 0 saturated heterocycles. The van der Waals surface area contributed by atoms with Gasteiger partial charge < -0.3 is 15.4 Å². The van der Waals surface area contributed by atoms with E-state index in [0.717, 1.165) is 5.69 Å². The van der Waals surface area contributed by atoms with E-state index in [9.17, 15) is 4.79 Å². The first-order valence-corrected chi connectivity index (χ1v) is 7.71. The number of benzene rings is 1. The molecule has 0 bridgehead atoms. The number of halogens is 1. The molecule has 0 atom stereocenters. The van der Waals surface area contributed by atoms with Gasteiger partial charge in [-0.2, -0.15) is 0 Å². The smallest absolute Gasteiger partial charge is 0.252 e. The maximum Gasteiger partial charge on any atom is 0.252 e. The van der Waals surface area contributed by atoms with Crippen LogP contribution < -0.4 is 15.4 Å². The number of carbonyl (C=O) groups excluding carboxylic acids is 1. The Morgan fingerprint density at radius 3 is 2.70 bits per heavy atom. The van der Waals surface area contributed by atoms with E-state index < -0.39 is 0 Å². The normalized spacial score (nSPS) is 10.5. The highest BCUT2D eigenvalue weighted by Gasteiger charge is 2.08. The quantitative estimate of drug-likeness (QED) is 0.842. The van der Waals surface area contributed by atoms with E-state index in [4.69, 9.17) is 16.3 Å². The van der Waals surface area contributed by atoms with Crippen LogP contribution in [0.15, 0.2) is 36.7 Å². The van der Waals surface area contributed by atoms with Crippen LogP contribution >= 0.6 is 11.6 Å². The van der Waals surface area contributed by atoms with Gasteiger partial charge in [-0.25, -0.2) is 0 Å². The molecule has 0 radical (unpaired) electrons. The molecule has 0 fully saturated rings. The van der Waals surface area contributed by atoms with E-state index >= 15 is 0 Å². The van der Waals surface area contributed by atoms with Crippen LogP contribution in [0.1, 0.15) is 24.2 Å². The first-order valence-electron chi connectivity index (χ1n) is 7.33. The lowest BCUT2D eigenvalue weighted by molar-refractivity contribution is 0.0948. The van der Waals surface area contributed by atoms with E-state index in [0.29, 0.717) is 34.5 Å².